The van der Waals surface area contributed by atoms with E-state index in [1.807, 2.05) is 0 Å². The lowest BCUT2D eigenvalue weighted by Crippen LogP contribution is -2.17. The predicted molar refractivity (Wildman–Crippen MR) is 83.6 cm³/mol. The van der Waals surface area contributed by atoms with E-state index < -0.39 is 5.91 Å². The van der Waals surface area contributed by atoms with Crippen molar-refractivity contribution in [2.24, 2.45) is 5.73 Å². The summed E-state index contributed by atoms with van der Waals surface area (Å²) in [6, 6.07) is 9.85. The third kappa shape index (κ3) is 4.16. The van der Waals surface area contributed by atoms with Gasteiger partial charge in [-0.1, -0.05) is 42.8 Å². The number of nitrogens with zero attached hydrogens (tertiary/aromatic N) is 2. The summed E-state index contributed by atoms with van der Waals surface area (Å²) in [6.07, 6.45) is 1.84. The fourth-order valence-electron chi connectivity index (χ4n) is 1.95. The summed E-state index contributed by atoms with van der Waals surface area (Å²) < 4.78 is 0. The molecule has 5 nitrogen and oxygen atoms in total. The molecule has 2 rings (SSSR count). The molecule has 0 saturated heterocycles. The highest BCUT2D eigenvalue weighted by molar-refractivity contribution is 6.29. The van der Waals surface area contributed by atoms with Crippen molar-refractivity contribution in [2.75, 3.05) is 11.9 Å². The lowest BCUT2D eigenvalue weighted by molar-refractivity contribution is 0.100. The predicted octanol–water partition coefficient (Wildman–Crippen LogP) is 2.45. The van der Waals surface area contributed by atoms with Crippen LogP contribution in [0, 0.1) is 0 Å². The van der Waals surface area contributed by atoms with Gasteiger partial charge < -0.3 is 11.1 Å². The highest BCUT2D eigenvalue weighted by Gasteiger charge is 2.11. The number of hydrogen-bond acceptors (Lipinski definition) is 4. The lowest BCUT2D eigenvalue weighted by Gasteiger charge is -2.08. The number of anilines is 1. The van der Waals surface area contributed by atoms with Gasteiger partial charge in [-0.15, -0.1) is 10.2 Å². The maximum atomic E-state index is 11.3. The molecule has 110 valence electrons. The first-order valence-corrected chi connectivity index (χ1v) is 7.12. The fourth-order valence-corrected chi connectivity index (χ4v) is 2.10. The van der Waals surface area contributed by atoms with Gasteiger partial charge in [0, 0.05) is 6.54 Å². The van der Waals surface area contributed by atoms with Crippen LogP contribution in [0.3, 0.4) is 0 Å². The Bertz CT molecular complexity index is 628. The van der Waals surface area contributed by atoms with E-state index in [0.29, 0.717) is 12.4 Å². The smallest absolute Gasteiger partial charge is 0.252 e. The van der Waals surface area contributed by atoms with E-state index in [1.165, 1.54) is 17.2 Å². The first-order chi connectivity index (χ1) is 10.1. The Hall–Kier alpha value is -2.14. The first-order valence-electron chi connectivity index (χ1n) is 6.75. The molecule has 0 bridgehead atoms. The largest absolute Gasteiger partial charge is 0.368 e. The second kappa shape index (κ2) is 7.04. The Balaban J connectivity index is 1.98. The van der Waals surface area contributed by atoms with Crippen LogP contribution in [0.1, 0.15) is 28.4 Å². The van der Waals surface area contributed by atoms with Crippen molar-refractivity contribution >= 4 is 23.3 Å². The van der Waals surface area contributed by atoms with Gasteiger partial charge in [0.15, 0.2) is 11.0 Å². The third-order valence-corrected chi connectivity index (χ3v) is 3.35. The molecule has 3 N–H and O–H groups in total. The minimum absolute atomic E-state index is 0.143. The van der Waals surface area contributed by atoms with Gasteiger partial charge in [0.05, 0.1) is 5.56 Å². The number of amides is 1. The topological polar surface area (TPSA) is 80.9 Å². The third-order valence-electron chi connectivity index (χ3n) is 3.17. The highest BCUT2D eigenvalue weighted by Crippen LogP contribution is 2.15. The molecule has 0 saturated carbocycles. The molecule has 1 aromatic heterocycles. The summed E-state index contributed by atoms with van der Waals surface area (Å²) in [7, 11) is 0. The summed E-state index contributed by atoms with van der Waals surface area (Å²) in [4.78, 5) is 11.3. The number of rotatable bonds is 6. The van der Waals surface area contributed by atoms with Crippen LogP contribution in [-0.2, 0) is 12.8 Å². The summed E-state index contributed by atoms with van der Waals surface area (Å²) >= 11 is 5.71. The summed E-state index contributed by atoms with van der Waals surface area (Å²) in [5.74, 6) is -0.223. The second-order valence-corrected chi connectivity index (χ2v) is 5.03. The van der Waals surface area contributed by atoms with Gasteiger partial charge in [-0.25, -0.2) is 0 Å². The molecule has 0 aliphatic carbocycles. The van der Waals surface area contributed by atoms with Crippen LogP contribution in [0.15, 0.2) is 30.3 Å². The molecule has 0 aliphatic rings. The molecule has 0 unspecified atom stereocenters. The van der Waals surface area contributed by atoms with Gasteiger partial charge in [-0.05, 0) is 30.0 Å². The number of primary amides is 1. The normalized spacial score (nSPS) is 10.4. The number of carbonyl (C=O) groups excluding carboxylic acids is 1. The summed E-state index contributed by atoms with van der Waals surface area (Å²) in [6.45, 7) is 2.75. The maximum Gasteiger partial charge on any atom is 0.252 e. The van der Waals surface area contributed by atoms with Crippen LogP contribution in [0.25, 0.3) is 0 Å². The Morgan fingerprint density at radius 2 is 1.90 bits per heavy atom. The Labute approximate surface area is 128 Å². The van der Waals surface area contributed by atoms with E-state index in [-0.39, 0.29) is 10.7 Å². The van der Waals surface area contributed by atoms with E-state index in [2.05, 4.69) is 46.7 Å². The van der Waals surface area contributed by atoms with E-state index in [4.69, 9.17) is 17.3 Å². The number of hydrogen-bond donors (Lipinski definition) is 2. The van der Waals surface area contributed by atoms with Crippen LogP contribution in [0.5, 0.6) is 0 Å². The molecule has 0 fully saturated rings. The zero-order valence-electron chi connectivity index (χ0n) is 11.8. The number of carbonyl (C=O) groups is 1. The van der Waals surface area contributed by atoms with Gasteiger partial charge in [-0.2, -0.15) is 0 Å². The number of halogens is 1. The van der Waals surface area contributed by atoms with E-state index in [0.717, 1.165) is 12.8 Å². The summed E-state index contributed by atoms with van der Waals surface area (Å²) in [5, 5.41) is 10.8. The van der Waals surface area contributed by atoms with Crippen LogP contribution in [0.4, 0.5) is 5.82 Å². The van der Waals surface area contributed by atoms with Gasteiger partial charge in [0.25, 0.3) is 5.91 Å². The molecule has 0 aliphatic heterocycles. The molecular formula is C15H17ClN4O. The van der Waals surface area contributed by atoms with Crippen molar-refractivity contribution in [1.82, 2.24) is 10.2 Å². The monoisotopic (exact) mass is 304 g/mol. The minimum atomic E-state index is -0.582. The molecule has 1 heterocycles. The Morgan fingerprint density at radius 1 is 1.24 bits per heavy atom. The number of nitrogens with two attached hydrogens (primary N) is 1. The van der Waals surface area contributed by atoms with Crippen LogP contribution in [0.2, 0.25) is 5.15 Å². The minimum Gasteiger partial charge on any atom is -0.368 e. The van der Waals surface area contributed by atoms with Crippen molar-refractivity contribution in [3.8, 4) is 0 Å². The molecule has 0 atom stereocenters. The molecule has 1 aromatic carbocycles. The van der Waals surface area contributed by atoms with E-state index in [9.17, 15) is 4.79 Å². The molecule has 6 heteroatoms. The molecule has 1 amide bonds. The average Bonchev–Trinajstić information content (AvgIpc) is 2.49. The Morgan fingerprint density at radius 3 is 2.52 bits per heavy atom. The molecule has 0 radical (unpaired) electrons. The molecule has 21 heavy (non-hydrogen) atoms. The number of aryl methyl sites for hydroxylation is 1. The molecule has 2 aromatic rings. The number of nitrogens with one attached hydrogen (secondary N) is 1. The van der Waals surface area contributed by atoms with Gasteiger partial charge in [0.1, 0.15) is 0 Å². The molecular weight excluding hydrogens is 288 g/mol. The van der Waals surface area contributed by atoms with Gasteiger partial charge in [-0.3, -0.25) is 4.79 Å². The summed E-state index contributed by atoms with van der Waals surface area (Å²) in [5.41, 5.74) is 8.06. The zero-order chi connectivity index (χ0) is 15.2. The van der Waals surface area contributed by atoms with Crippen molar-refractivity contribution in [3.05, 3.63) is 52.2 Å². The van der Waals surface area contributed by atoms with Crippen LogP contribution in [-0.4, -0.2) is 22.6 Å². The molecule has 0 spiro atoms. The van der Waals surface area contributed by atoms with Crippen molar-refractivity contribution in [2.45, 2.75) is 19.8 Å². The quantitative estimate of drug-likeness (QED) is 0.859. The van der Waals surface area contributed by atoms with Crippen LogP contribution < -0.4 is 11.1 Å². The standard InChI is InChI=1S/C15H17ClN4O/c1-2-10-3-5-11(6-4-10)7-8-18-15-12(14(17)21)9-13(16)19-20-15/h3-6,9H,2,7-8H2,1H3,(H2,17,21)(H,18,20). The highest BCUT2D eigenvalue weighted by atomic mass is 35.5. The van der Waals surface area contributed by atoms with Crippen molar-refractivity contribution < 1.29 is 4.79 Å². The maximum absolute atomic E-state index is 11.3. The zero-order valence-corrected chi connectivity index (χ0v) is 12.5. The van der Waals surface area contributed by atoms with E-state index in [1.54, 1.807) is 0 Å². The van der Waals surface area contributed by atoms with Gasteiger partial charge >= 0.3 is 0 Å². The second-order valence-electron chi connectivity index (χ2n) is 4.64. The number of benzene rings is 1. The van der Waals surface area contributed by atoms with Crippen molar-refractivity contribution in [3.63, 3.8) is 0 Å². The fraction of sp³-hybridized carbons (Fsp3) is 0.267. The SMILES string of the molecule is CCc1ccc(CCNc2nnc(Cl)cc2C(N)=O)cc1. The van der Waals surface area contributed by atoms with Crippen molar-refractivity contribution in [1.29, 1.82) is 0 Å². The number of aromatic nitrogens is 2. The van der Waals surface area contributed by atoms with Crippen LogP contribution >= 0.6 is 11.6 Å². The Kier molecular flexibility index (Phi) is 5.11. The average molecular weight is 305 g/mol. The first kappa shape index (κ1) is 15.3. The lowest BCUT2D eigenvalue weighted by atomic mass is 10.1. The van der Waals surface area contributed by atoms with E-state index >= 15 is 0 Å². The van der Waals surface area contributed by atoms with Gasteiger partial charge in [0.2, 0.25) is 0 Å².